The van der Waals surface area contributed by atoms with E-state index in [2.05, 4.69) is 31.2 Å². The molecule has 0 aromatic heterocycles. The molecule has 0 spiro atoms. The van der Waals surface area contributed by atoms with Crippen molar-refractivity contribution in [1.29, 1.82) is 0 Å². The molecule has 1 aliphatic carbocycles. The van der Waals surface area contributed by atoms with E-state index >= 15 is 0 Å². The fourth-order valence-electron chi connectivity index (χ4n) is 4.78. The normalized spacial score (nSPS) is 27.9. The second-order valence-electron chi connectivity index (χ2n) is 7.50. The molecule has 1 heterocycles. The van der Waals surface area contributed by atoms with E-state index in [-0.39, 0.29) is 8.80 Å². The van der Waals surface area contributed by atoms with E-state index in [0.717, 1.165) is 22.8 Å². The molecule has 22 heavy (non-hydrogen) atoms. The number of benzene rings is 1. The molecule has 0 N–H and O–H groups in total. The smallest absolute Gasteiger partial charge is 0.0479 e. The maximum absolute atomic E-state index is 6.01. The quantitative estimate of drug-likeness (QED) is 0.524. The minimum absolute atomic E-state index is 0.0611. The maximum atomic E-state index is 6.01. The molecule has 1 saturated carbocycles. The molecule has 0 nitrogen and oxygen atoms in total. The molecule has 2 aliphatic rings. The summed E-state index contributed by atoms with van der Waals surface area (Å²) in [6.45, 7) is 2.36. The molecule has 0 amide bonds. The zero-order chi connectivity index (χ0) is 15.4. The van der Waals surface area contributed by atoms with Crippen LogP contribution in [0.2, 0.25) is 23.2 Å². The van der Waals surface area contributed by atoms with Crippen molar-refractivity contribution in [3.8, 4) is 0 Å². The highest BCUT2D eigenvalue weighted by atomic mass is 35.5. The number of hydrogen-bond acceptors (Lipinski definition) is 0. The Morgan fingerprint density at radius 1 is 0.909 bits per heavy atom. The van der Waals surface area contributed by atoms with E-state index in [4.69, 9.17) is 11.6 Å². The van der Waals surface area contributed by atoms with Gasteiger partial charge in [0.15, 0.2) is 0 Å². The van der Waals surface area contributed by atoms with Crippen LogP contribution in [0.4, 0.5) is 0 Å². The van der Waals surface area contributed by atoms with Crippen LogP contribution >= 0.6 is 11.6 Å². The fraction of sp³-hybridized carbons (Fsp3) is 0.700. The lowest BCUT2D eigenvalue weighted by atomic mass is 9.72. The van der Waals surface area contributed by atoms with Crippen molar-refractivity contribution in [2.75, 3.05) is 0 Å². The van der Waals surface area contributed by atoms with Gasteiger partial charge < -0.3 is 0 Å². The molecule has 3 rings (SSSR count). The zero-order valence-electron chi connectivity index (χ0n) is 14.0. The Morgan fingerprint density at radius 2 is 1.50 bits per heavy atom. The molecule has 1 saturated heterocycles. The third-order valence-electron chi connectivity index (χ3n) is 6.12. The summed E-state index contributed by atoms with van der Waals surface area (Å²) in [6, 6.07) is 13.4. The van der Waals surface area contributed by atoms with Gasteiger partial charge in [0.2, 0.25) is 0 Å². The summed E-state index contributed by atoms with van der Waals surface area (Å²) < 4.78 is 0. The van der Waals surface area contributed by atoms with Crippen LogP contribution in [0.5, 0.6) is 0 Å². The molecule has 1 aromatic carbocycles. The zero-order valence-corrected chi connectivity index (χ0v) is 15.7. The average molecular weight is 334 g/mol. The average Bonchev–Trinajstić information content (AvgIpc) is 2.57. The topological polar surface area (TPSA) is 0 Å². The van der Waals surface area contributed by atoms with Crippen LogP contribution in [-0.2, 0) is 0 Å². The van der Waals surface area contributed by atoms with Gasteiger partial charge in [0, 0.05) is 13.8 Å². The Morgan fingerprint density at radius 3 is 2.09 bits per heavy atom. The van der Waals surface area contributed by atoms with Crippen LogP contribution in [0.3, 0.4) is 0 Å². The van der Waals surface area contributed by atoms with Crippen LogP contribution in [0.15, 0.2) is 24.3 Å². The second-order valence-corrected chi connectivity index (χ2v) is 10.9. The summed E-state index contributed by atoms with van der Waals surface area (Å²) in [5.41, 5.74) is 1.51. The van der Waals surface area contributed by atoms with Crippen molar-refractivity contribution in [3.05, 3.63) is 34.9 Å². The first-order valence-corrected chi connectivity index (χ1v) is 11.8. The van der Waals surface area contributed by atoms with E-state index < -0.39 is 0 Å². The van der Waals surface area contributed by atoms with E-state index in [1.165, 1.54) is 37.7 Å². The summed E-state index contributed by atoms with van der Waals surface area (Å²) in [5, 5.41) is 0.865. The number of halogens is 1. The highest BCUT2D eigenvalue weighted by Gasteiger charge is 2.31. The van der Waals surface area contributed by atoms with Crippen LogP contribution in [0.1, 0.15) is 63.4 Å². The molecule has 1 aliphatic heterocycles. The summed E-state index contributed by atoms with van der Waals surface area (Å²) in [7, 11) is 0.0611. The molecular weight excluding hydrogens is 304 g/mol. The molecule has 1 aromatic rings. The van der Waals surface area contributed by atoms with Gasteiger partial charge in [0.25, 0.3) is 0 Å². The van der Waals surface area contributed by atoms with Crippen molar-refractivity contribution in [2.24, 2.45) is 11.8 Å². The molecule has 1 radical (unpaired) electrons. The third kappa shape index (κ3) is 4.17. The summed E-state index contributed by atoms with van der Waals surface area (Å²) >= 11 is 6.01. The lowest BCUT2D eigenvalue weighted by Crippen LogP contribution is -2.28. The summed E-state index contributed by atoms with van der Waals surface area (Å²) in [6.07, 6.45) is 10.3. The van der Waals surface area contributed by atoms with Gasteiger partial charge in [0.05, 0.1) is 0 Å². The minimum Gasteiger partial charge on any atom is -0.0843 e. The molecule has 121 valence electrons. The van der Waals surface area contributed by atoms with Crippen molar-refractivity contribution in [3.63, 3.8) is 0 Å². The molecular formula is C20H30ClSi. The number of rotatable bonds is 4. The van der Waals surface area contributed by atoms with Crippen molar-refractivity contribution in [2.45, 2.75) is 75.9 Å². The predicted octanol–water partition coefficient (Wildman–Crippen LogP) is 6.93. The van der Waals surface area contributed by atoms with E-state index in [0.29, 0.717) is 0 Å². The van der Waals surface area contributed by atoms with Gasteiger partial charge in [-0.25, -0.2) is 0 Å². The highest BCUT2D eigenvalue weighted by Crippen LogP contribution is 2.43. The fourth-order valence-corrected chi connectivity index (χ4v) is 7.92. The number of hydrogen-bond donors (Lipinski definition) is 0. The molecule has 0 unspecified atom stereocenters. The molecule has 0 atom stereocenters. The third-order valence-corrected chi connectivity index (χ3v) is 9.57. The SMILES string of the molecule is CCC[Si]1CCC(C2CCC(c3ccc(Cl)cc3)CC2)CC1. The second kappa shape index (κ2) is 8.01. The monoisotopic (exact) mass is 333 g/mol. The van der Waals surface area contributed by atoms with E-state index in [1.54, 1.807) is 31.0 Å². The Hall–Kier alpha value is -0.273. The maximum Gasteiger partial charge on any atom is 0.0479 e. The van der Waals surface area contributed by atoms with Gasteiger partial charge in [-0.15, -0.1) is 0 Å². The summed E-state index contributed by atoms with van der Waals surface area (Å²) in [5.74, 6) is 2.89. The Balaban J connectivity index is 1.47. The lowest BCUT2D eigenvalue weighted by Gasteiger charge is -2.37. The van der Waals surface area contributed by atoms with E-state index in [9.17, 15) is 0 Å². The van der Waals surface area contributed by atoms with Gasteiger partial charge in [-0.2, -0.15) is 0 Å². The van der Waals surface area contributed by atoms with Crippen LogP contribution in [-0.4, -0.2) is 8.80 Å². The first-order valence-electron chi connectivity index (χ1n) is 9.35. The standard InChI is InChI=1S/C20H30ClSi/c1-2-13-22-14-11-19(12-15-22)17-5-3-16(4-6-17)18-7-9-20(21)10-8-18/h7-10,16-17,19H,2-6,11-15H2,1H3. The van der Waals surface area contributed by atoms with E-state index in [1.807, 2.05) is 0 Å². The van der Waals surface area contributed by atoms with Gasteiger partial charge in [-0.3, -0.25) is 0 Å². The molecule has 2 heteroatoms. The van der Waals surface area contributed by atoms with Crippen molar-refractivity contribution in [1.82, 2.24) is 0 Å². The molecule has 0 bridgehead atoms. The van der Waals surface area contributed by atoms with Gasteiger partial charge in [-0.1, -0.05) is 68.1 Å². The predicted molar refractivity (Wildman–Crippen MR) is 99.3 cm³/mol. The first-order chi connectivity index (χ1) is 10.8. The molecule has 2 fully saturated rings. The van der Waals surface area contributed by atoms with Gasteiger partial charge >= 0.3 is 0 Å². The lowest BCUT2D eigenvalue weighted by molar-refractivity contribution is 0.216. The Kier molecular flexibility index (Phi) is 6.04. The van der Waals surface area contributed by atoms with Gasteiger partial charge in [-0.05, 0) is 61.1 Å². The van der Waals surface area contributed by atoms with Crippen LogP contribution < -0.4 is 0 Å². The minimum atomic E-state index is 0.0611. The highest BCUT2D eigenvalue weighted by molar-refractivity contribution is 6.58. The van der Waals surface area contributed by atoms with Crippen molar-refractivity contribution < 1.29 is 0 Å². The van der Waals surface area contributed by atoms with Crippen LogP contribution in [0.25, 0.3) is 0 Å². The Bertz CT molecular complexity index is 439. The Labute approximate surface area is 143 Å². The van der Waals surface area contributed by atoms with Gasteiger partial charge in [0.1, 0.15) is 0 Å². The van der Waals surface area contributed by atoms with Crippen LogP contribution in [0, 0.1) is 11.8 Å². The first kappa shape index (κ1) is 16.6. The van der Waals surface area contributed by atoms with Crippen molar-refractivity contribution >= 4 is 20.4 Å². The largest absolute Gasteiger partial charge is 0.0843 e. The summed E-state index contributed by atoms with van der Waals surface area (Å²) in [4.78, 5) is 0.